The summed E-state index contributed by atoms with van der Waals surface area (Å²) in [6.07, 6.45) is 0.986. The van der Waals surface area contributed by atoms with E-state index in [-0.39, 0.29) is 11.1 Å². The highest BCUT2D eigenvalue weighted by Gasteiger charge is 2.13. The van der Waals surface area contributed by atoms with Crippen molar-refractivity contribution in [2.24, 2.45) is 0 Å². The lowest BCUT2D eigenvalue weighted by Gasteiger charge is -2.02. The van der Waals surface area contributed by atoms with Gasteiger partial charge in [-0.05, 0) is 24.3 Å². The van der Waals surface area contributed by atoms with Gasteiger partial charge in [0, 0.05) is 0 Å². The van der Waals surface area contributed by atoms with Gasteiger partial charge in [0.15, 0.2) is 5.78 Å². The molecule has 0 unspecified atom stereocenters. The zero-order valence-corrected chi connectivity index (χ0v) is 8.12. The molecule has 0 aliphatic carbocycles. The Labute approximate surface area is 86.2 Å². The van der Waals surface area contributed by atoms with Gasteiger partial charge in [0.2, 0.25) is 0 Å². The molecule has 0 fully saturated rings. The Hall–Kier alpha value is -1.97. The highest BCUT2D eigenvalue weighted by atomic mass is 19.1. The van der Waals surface area contributed by atoms with Crippen LogP contribution >= 0.6 is 0 Å². The Morgan fingerprint density at radius 3 is 2.67 bits per heavy atom. The fourth-order valence-corrected chi connectivity index (χ4v) is 1.07. The third-order valence-electron chi connectivity index (χ3n) is 1.84. The lowest BCUT2D eigenvalue weighted by atomic mass is 10.1. The second-order valence-corrected chi connectivity index (χ2v) is 2.75. The van der Waals surface area contributed by atoms with Crippen molar-refractivity contribution >= 4 is 11.8 Å². The fraction of sp³-hybridized carbons (Fsp3) is 0.0909. The zero-order valence-electron chi connectivity index (χ0n) is 8.12. The number of hydrogen-bond acceptors (Lipinski definition) is 3. The van der Waals surface area contributed by atoms with Gasteiger partial charge in [-0.15, -0.1) is 0 Å². The molecule has 0 saturated carbocycles. The van der Waals surface area contributed by atoms with Crippen LogP contribution in [0.4, 0.5) is 4.39 Å². The van der Waals surface area contributed by atoms with Crippen molar-refractivity contribution in [1.82, 2.24) is 0 Å². The highest BCUT2D eigenvalue weighted by molar-refractivity contribution is 6.05. The first-order chi connectivity index (χ1) is 7.10. The number of hydrogen-bond donors (Lipinski definition) is 0. The van der Waals surface area contributed by atoms with Crippen molar-refractivity contribution in [1.29, 1.82) is 0 Å². The fourth-order valence-electron chi connectivity index (χ4n) is 1.07. The number of halogens is 1. The van der Waals surface area contributed by atoms with E-state index in [4.69, 9.17) is 0 Å². The number of esters is 1. The van der Waals surface area contributed by atoms with Gasteiger partial charge in [-0.1, -0.05) is 6.58 Å². The molecule has 78 valence electrons. The maximum absolute atomic E-state index is 13.2. The minimum Gasteiger partial charge on any atom is -0.465 e. The Kier molecular flexibility index (Phi) is 3.33. The molecular formula is C11H9FO3. The Balaban J connectivity index is 3.22. The quantitative estimate of drug-likeness (QED) is 0.433. The van der Waals surface area contributed by atoms with Crippen molar-refractivity contribution in [3.63, 3.8) is 0 Å². The highest BCUT2D eigenvalue weighted by Crippen LogP contribution is 2.12. The summed E-state index contributed by atoms with van der Waals surface area (Å²) < 4.78 is 17.6. The maximum Gasteiger partial charge on any atom is 0.337 e. The average Bonchev–Trinajstić information content (AvgIpc) is 2.27. The van der Waals surface area contributed by atoms with Gasteiger partial charge in [-0.3, -0.25) is 4.79 Å². The molecule has 0 radical (unpaired) electrons. The number of allylic oxidation sites excluding steroid dienone is 1. The number of benzene rings is 1. The third kappa shape index (κ3) is 2.28. The van der Waals surface area contributed by atoms with Gasteiger partial charge in [0.25, 0.3) is 0 Å². The van der Waals surface area contributed by atoms with E-state index in [9.17, 15) is 14.0 Å². The van der Waals surface area contributed by atoms with E-state index < -0.39 is 17.6 Å². The van der Waals surface area contributed by atoms with Crippen molar-refractivity contribution in [2.75, 3.05) is 7.11 Å². The second kappa shape index (κ2) is 4.50. The van der Waals surface area contributed by atoms with Crippen LogP contribution in [0.15, 0.2) is 30.9 Å². The van der Waals surface area contributed by atoms with Gasteiger partial charge in [0.05, 0.1) is 18.2 Å². The summed E-state index contributed by atoms with van der Waals surface area (Å²) >= 11 is 0. The molecule has 0 N–H and O–H groups in total. The standard InChI is InChI=1S/C11H9FO3/c1-3-10(13)8-6-7(11(14)15-2)4-5-9(8)12/h3-6H,1H2,2H3. The number of carbonyl (C=O) groups excluding carboxylic acids is 2. The van der Waals surface area contributed by atoms with Gasteiger partial charge in [-0.2, -0.15) is 0 Å². The molecule has 4 heteroatoms. The summed E-state index contributed by atoms with van der Waals surface area (Å²) in [5.74, 6) is -1.88. The number of carbonyl (C=O) groups is 2. The van der Waals surface area contributed by atoms with Crippen LogP contribution in [-0.4, -0.2) is 18.9 Å². The molecule has 1 aromatic rings. The van der Waals surface area contributed by atoms with Crippen molar-refractivity contribution in [3.8, 4) is 0 Å². The normalized spacial score (nSPS) is 9.47. The van der Waals surface area contributed by atoms with E-state index >= 15 is 0 Å². The third-order valence-corrected chi connectivity index (χ3v) is 1.84. The molecular weight excluding hydrogens is 199 g/mol. The molecule has 0 saturated heterocycles. The maximum atomic E-state index is 13.2. The molecule has 0 aliphatic rings. The molecule has 15 heavy (non-hydrogen) atoms. The summed E-state index contributed by atoms with van der Waals surface area (Å²) in [5.41, 5.74) is -0.0583. The van der Waals surface area contributed by atoms with Crippen molar-refractivity contribution < 1.29 is 18.7 Å². The average molecular weight is 208 g/mol. The molecule has 3 nitrogen and oxygen atoms in total. The lowest BCUT2D eigenvalue weighted by Crippen LogP contribution is -2.05. The van der Waals surface area contributed by atoms with Crippen LogP contribution in [0.2, 0.25) is 0 Å². The largest absolute Gasteiger partial charge is 0.465 e. The smallest absolute Gasteiger partial charge is 0.337 e. The second-order valence-electron chi connectivity index (χ2n) is 2.75. The minimum atomic E-state index is -0.687. The molecule has 1 rings (SSSR count). The molecule has 0 aliphatic heterocycles. The summed E-state index contributed by atoms with van der Waals surface area (Å²) in [6.45, 7) is 3.24. The Bertz CT molecular complexity index is 424. The number of methoxy groups -OCH3 is 1. The number of ketones is 1. The molecule has 0 bridgehead atoms. The predicted molar refractivity (Wildman–Crippen MR) is 52.3 cm³/mol. The summed E-state index contributed by atoms with van der Waals surface area (Å²) in [5, 5.41) is 0. The van der Waals surface area contributed by atoms with Gasteiger partial charge in [-0.25, -0.2) is 9.18 Å². The van der Waals surface area contributed by atoms with Crippen molar-refractivity contribution in [2.45, 2.75) is 0 Å². The molecule has 0 atom stereocenters. The van der Waals surface area contributed by atoms with Crippen LogP contribution in [0.3, 0.4) is 0 Å². The minimum absolute atomic E-state index is 0.129. The van der Waals surface area contributed by atoms with E-state index in [0.29, 0.717) is 0 Å². The van der Waals surface area contributed by atoms with Gasteiger partial charge < -0.3 is 4.74 Å². The molecule has 0 spiro atoms. The SMILES string of the molecule is C=CC(=O)c1cc(C(=O)OC)ccc1F. The molecule has 0 heterocycles. The first kappa shape index (κ1) is 11.1. The monoisotopic (exact) mass is 208 g/mol. The van der Waals surface area contributed by atoms with E-state index in [1.807, 2.05) is 0 Å². The van der Waals surface area contributed by atoms with Crippen LogP contribution in [0.5, 0.6) is 0 Å². The molecule has 1 aromatic carbocycles. The number of ether oxygens (including phenoxy) is 1. The van der Waals surface area contributed by atoms with Crippen molar-refractivity contribution in [3.05, 3.63) is 47.8 Å². The van der Waals surface area contributed by atoms with E-state index in [1.54, 1.807) is 0 Å². The first-order valence-electron chi connectivity index (χ1n) is 4.14. The summed E-state index contributed by atoms with van der Waals surface area (Å²) in [7, 11) is 1.21. The topological polar surface area (TPSA) is 43.4 Å². The summed E-state index contributed by atoms with van der Waals surface area (Å²) in [4.78, 5) is 22.3. The van der Waals surface area contributed by atoms with E-state index in [0.717, 1.165) is 18.2 Å². The predicted octanol–water partition coefficient (Wildman–Crippen LogP) is 1.98. The van der Waals surface area contributed by atoms with Crippen LogP contribution < -0.4 is 0 Å². The molecule has 0 amide bonds. The van der Waals surface area contributed by atoms with Crippen LogP contribution in [-0.2, 0) is 4.74 Å². The lowest BCUT2D eigenvalue weighted by molar-refractivity contribution is 0.0600. The van der Waals surface area contributed by atoms with Gasteiger partial charge >= 0.3 is 5.97 Å². The Morgan fingerprint density at radius 1 is 1.47 bits per heavy atom. The van der Waals surface area contributed by atoms with Crippen LogP contribution in [0.25, 0.3) is 0 Å². The van der Waals surface area contributed by atoms with E-state index in [2.05, 4.69) is 11.3 Å². The van der Waals surface area contributed by atoms with E-state index in [1.165, 1.54) is 13.2 Å². The number of rotatable bonds is 3. The first-order valence-corrected chi connectivity index (χ1v) is 4.14. The zero-order chi connectivity index (χ0) is 11.4. The van der Waals surface area contributed by atoms with Crippen LogP contribution in [0.1, 0.15) is 20.7 Å². The summed E-state index contributed by atoms with van der Waals surface area (Å²) in [6, 6.07) is 3.44. The molecule has 0 aromatic heterocycles. The van der Waals surface area contributed by atoms with Gasteiger partial charge in [0.1, 0.15) is 5.82 Å². The Morgan fingerprint density at radius 2 is 2.13 bits per heavy atom. The van der Waals surface area contributed by atoms with Crippen LogP contribution in [0, 0.1) is 5.82 Å².